The molecular weight excluding hydrogens is 362 g/mol. The Hall–Kier alpha value is -1.13. The minimum Gasteiger partial charge on any atom is -0.493 e. The van der Waals surface area contributed by atoms with Crippen LogP contribution in [-0.4, -0.2) is 6.61 Å². The fourth-order valence-electron chi connectivity index (χ4n) is 2.02. The highest BCUT2D eigenvalue weighted by atomic mass is 79.9. The lowest BCUT2D eigenvalue weighted by Gasteiger charge is -2.15. The van der Waals surface area contributed by atoms with Gasteiger partial charge >= 0.3 is 0 Å². The van der Waals surface area contributed by atoms with E-state index in [1.807, 2.05) is 6.92 Å². The molecule has 112 valence electrons. The van der Waals surface area contributed by atoms with E-state index in [1.165, 1.54) is 12.1 Å². The van der Waals surface area contributed by atoms with E-state index in [2.05, 4.69) is 15.9 Å². The maximum Gasteiger partial charge on any atom is 0.134 e. The molecule has 0 heterocycles. The fraction of sp³-hybridized carbons (Fsp3) is 0.250. The van der Waals surface area contributed by atoms with Crippen LogP contribution in [0.2, 0.25) is 0 Å². The molecule has 0 saturated carbocycles. The van der Waals surface area contributed by atoms with Crippen molar-refractivity contribution in [3.05, 3.63) is 63.1 Å². The monoisotopic (exact) mass is 374 g/mol. The third-order valence-corrected chi connectivity index (χ3v) is 4.21. The molecule has 0 amide bonds. The second-order valence-corrected chi connectivity index (χ2v) is 5.87. The summed E-state index contributed by atoms with van der Waals surface area (Å²) in [6.45, 7) is 3.99. The minimum atomic E-state index is -0.906. The number of alkyl halides is 1. The Balaban J connectivity index is 2.43. The lowest BCUT2D eigenvalue weighted by Crippen LogP contribution is -2.03. The highest BCUT2D eigenvalue weighted by molar-refractivity contribution is 9.10. The molecular formula is C16H14BrClF2O. The highest BCUT2D eigenvalue weighted by Gasteiger charge is 2.22. The van der Waals surface area contributed by atoms with Gasteiger partial charge in [-0.2, -0.15) is 0 Å². The number of hydrogen-bond donors (Lipinski definition) is 0. The third kappa shape index (κ3) is 3.38. The normalized spacial score (nSPS) is 12.3. The standard InChI is InChI=1S/C16H14BrClF2O/c1-3-21-13-7-5-10(8-11(13)17)15(18)14-12(19)6-4-9(2)16(14)20/h4-8,15H,3H2,1-2H3. The van der Waals surface area contributed by atoms with Gasteiger partial charge in [0, 0.05) is 5.56 Å². The van der Waals surface area contributed by atoms with E-state index in [0.29, 0.717) is 28.0 Å². The molecule has 1 nitrogen and oxygen atoms in total. The third-order valence-electron chi connectivity index (χ3n) is 3.12. The molecule has 21 heavy (non-hydrogen) atoms. The first-order chi connectivity index (χ1) is 9.95. The lowest BCUT2D eigenvalue weighted by molar-refractivity contribution is 0.338. The molecule has 0 aromatic heterocycles. The van der Waals surface area contributed by atoms with Crippen molar-refractivity contribution < 1.29 is 13.5 Å². The summed E-state index contributed by atoms with van der Waals surface area (Å²) in [5.74, 6) is -0.599. The lowest BCUT2D eigenvalue weighted by atomic mass is 10.0. The molecule has 1 unspecified atom stereocenters. The number of halogens is 4. The molecule has 0 spiro atoms. The van der Waals surface area contributed by atoms with Crippen molar-refractivity contribution in [3.8, 4) is 5.75 Å². The van der Waals surface area contributed by atoms with Gasteiger partial charge in [0.25, 0.3) is 0 Å². The van der Waals surface area contributed by atoms with Crippen molar-refractivity contribution in [2.75, 3.05) is 6.61 Å². The summed E-state index contributed by atoms with van der Waals surface area (Å²) >= 11 is 9.64. The topological polar surface area (TPSA) is 9.23 Å². The van der Waals surface area contributed by atoms with Crippen LogP contribution >= 0.6 is 27.5 Å². The van der Waals surface area contributed by atoms with Crippen LogP contribution in [0, 0.1) is 18.6 Å². The van der Waals surface area contributed by atoms with Crippen LogP contribution in [0.15, 0.2) is 34.8 Å². The highest BCUT2D eigenvalue weighted by Crippen LogP contribution is 2.37. The second kappa shape index (κ2) is 6.75. The van der Waals surface area contributed by atoms with Crippen molar-refractivity contribution in [1.82, 2.24) is 0 Å². The van der Waals surface area contributed by atoms with Crippen molar-refractivity contribution in [2.45, 2.75) is 19.2 Å². The molecule has 1 atom stereocenters. The summed E-state index contributed by atoms with van der Waals surface area (Å²) in [6.07, 6.45) is 0. The second-order valence-electron chi connectivity index (χ2n) is 4.58. The van der Waals surface area contributed by atoms with Crippen LogP contribution in [0.4, 0.5) is 8.78 Å². The number of benzene rings is 2. The van der Waals surface area contributed by atoms with E-state index in [4.69, 9.17) is 16.3 Å². The average molecular weight is 376 g/mol. The first kappa shape index (κ1) is 16.2. The van der Waals surface area contributed by atoms with Crippen molar-refractivity contribution >= 4 is 27.5 Å². The summed E-state index contributed by atoms with van der Waals surface area (Å²) in [4.78, 5) is 0. The number of ether oxygens (including phenoxy) is 1. The Kier molecular flexibility index (Phi) is 5.22. The predicted octanol–water partition coefficient (Wildman–Crippen LogP) is 5.76. The van der Waals surface area contributed by atoms with Crippen LogP contribution in [0.1, 0.15) is 29.0 Å². The zero-order chi connectivity index (χ0) is 15.6. The van der Waals surface area contributed by atoms with E-state index in [0.717, 1.165) is 0 Å². The summed E-state index contributed by atoms with van der Waals surface area (Å²) < 4.78 is 34.1. The molecule has 0 N–H and O–H groups in total. The van der Waals surface area contributed by atoms with Crippen LogP contribution < -0.4 is 4.74 Å². The molecule has 0 radical (unpaired) electrons. The Morgan fingerprint density at radius 1 is 1.24 bits per heavy atom. The van der Waals surface area contributed by atoms with E-state index >= 15 is 0 Å². The van der Waals surface area contributed by atoms with Gasteiger partial charge in [-0.25, -0.2) is 8.78 Å². The Morgan fingerprint density at radius 3 is 2.57 bits per heavy atom. The molecule has 2 aromatic rings. The molecule has 5 heteroatoms. The van der Waals surface area contributed by atoms with Crippen molar-refractivity contribution in [2.24, 2.45) is 0 Å². The number of rotatable bonds is 4. The van der Waals surface area contributed by atoms with Gasteiger partial charge in [-0.05, 0) is 59.1 Å². The molecule has 0 fully saturated rings. The molecule has 0 saturated heterocycles. The Morgan fingerprint density at radius 2 is 1.95 bits per heavy atom. The summed E-state index contributed by atoms with van der Waals surface area (Å²) in [7, 11) is 0. The quantitative estimate of drug-likeness (QED) is 0.617. The first-order valence-corrected chi connectivity index (χ1v) is 7.69. The molecule has 2 rings (SSSR count). The van der Waals surface area contributed by atoms with Gasteiger partial charge in [-0.1, -0.05) is 12.1 Å². The van der Waals surface area contributed by atoms with Crippen LogP contribution in [0.25, 0.3) is 0 Å². The van der Waals surface area contributed by atoms with Gasteiger partial charge in [-0.3, -0.25) is 0 Å². The maximum atomic E-state index is 14.1. The number of aryl methyl sites for hydroxylation is 1. The Labute approximate surface area is 136 Å². The molecule has 0 aliphatic rings. The molecule has 0 aliphatic carbocycles. The molecule has 2 aromatic carbocycles. The van der Waals surface area contributed by atoms with Crippen LogP contribution in [0.5, 0.6) is 5.75 Å². The summed E-state index contributed by atoms with van der Waals surface area (Å²) in [5.41, 5.74) is 0.824. The van der Waals surface area contributed by atoms with Crippen LogP contribution in [-0.2, 0) is 0 Å². The smallest absolute Gasteiger partial charge is 0.134 e. The van der Waals surface area contributed by atoms with E-state index in [-0.39, 0.29) is 5.56 Å². The van der Waals surface area contributed by atoms with Gasteiger partial charge in [0.05, 0.1) is 16.5 Å². The zero-order valence-corrected chi connectivity index (χ0v) is 13.9. The van der Waals surface area contributed by atoms with Gasteiger partial charge in [0.1, 0.15) is 17.4 Å². The zero-order valence-electron chi connectivity index (χ0n) is 11.6. The molecule has 0 aliphatic heterocycles. The average Bonchev–Trinajstić information content (AvgIpc) is 2.45. The number of hydrogen-bond acceptors (Lipinski definition) is 1. The predicted molar refractivity (Wildman–Crippen MR) is 84.1 cm³/mol. The van der Waals surface area contributed by atoms with Gasteiger partial charge < -0.3 is 4.74 Å². The first-order valence-electron chi connectivity index (χ1n) is 6.46. The van der Waals surface area contributed by atoms with Gasteiger partial charge in [0.15, 0.2) is 0 Å². The summed E-state index contributed by atoms with van der Waals surface area (Å²) in [5, 5.41) is -0.906. The van der Waals surface area contributed by atoms with E-state index in [9.17, 15) is 8.78 Å². The van der Waals surface area contributed by atoms with E-state index < -0.39 is 17.0 Å². The van der Waals surface area contributed by atoms with Crippen LogP contribution in [0.3, 0.4) is 0 Å². The minimum absolute atomic E-state index is 0.132. The van der Waals surface area contributed by atoms with Crippen molar-refractivity contribution in [3.63, 3.8) is 0 Å². The van der Waals surface area contributed by atoms with Gasteiger partial charge in [-0.15, -0.1) is 11.6 Å². The summed E-state index contributed by atoms with van der Waals surface area (Å²) in [6, 6.07) is 7.76. The van der Waals surface area contributed by atoms with E-state index in [1.54, 1.807) is 25.1 Å². The largest absolute Gasteiger partial charge is 0.493 e. The van der Waals surface area contributed by atoms with Gasteiger partial charge in [0.2, 0.25) is 0 Å². The van der Waals surface area contributed by atoms with Crippen molar-refractivity contribution in [1.29, 1.82) is 0 Å². The molecule has 0 bridgehead atoms. The SMILES string of the molecule is CCOc1ccc(C(Cl)c2c(F)ccc(C)c2F)cc1Br. The maximum absolute atomic E-state index is 14.1. The Bertz CT molecular complexity index is 661. The fourth-order valence-corrected chi connectivity index (χ4v) is 2.87.